The number of ether oxygens (including phenoxy) is 2. The van der Waals surface area contributed by atoms with Crippen LogP contribution in [0.5, 0.6) is 0 Å². The summed E-state index contributed by atoms with van der Waals surface area (Å²) in [7, 11) is 0. The highest BCUT2D eigenvalue weighted by Crippen LogP contribution is 2.06. The van der Waals surface area contributed by atoms with Crippen molar-refractivity contribution in [2.24, 2.45) is 0 Å². The maximum absolute atomic E-state index is 11.1. The van der Waals surface area contributed by atoms with Crippen LogP contribution in [-0.4, -0.2) is 18.2 Å². The molecule has 0 unspecified atom stereocenters. The predicted molar refractivity (Wildman–Crippen MR) is 55.6 cm³/mol. The quantitative estimate of drug-likeness (QED) is 0.395. The molecule has 4 heteroatoms. The molecule has 0 aliphatic carbocycles. The first-order valence-corrected chi connectivity index (χ1v) is 4.40. The molecule has 0 aromatic rings. The van der Waals surface area contributed by atoms with Gasteiger partial charge in [-0.05, 0) is 20.8 Å². The number of esters is 2. The first kappa shape index (κ1) is 13.4. The van der Waals surface area contributed by atoms with Gasteiger partial charge in [0.15, 0.2) is 0 Å². The Kier molecular flexibility index (Phi) is 5.37. The molecule has 0 heterocycles. The van der Waals surface area contributed by atoms with Crippen LogP contribution >= 0.6 is 0 Å². The second kappa shape index (κ2) is 6.01. The third-order valence-electron chi connectivity index (χ3n) is 1.41. The minimum Gasteiger partial charge on any atom is -0.422 e. The van der Waals surface area contributed by atoms with Gasteiger partial charge in [-0.15, -0.1) is 0 Å². The van der Waals surface area contributed by atoms with Crippen LogP contribution in [0.15, 0.2) is 24.3 Å². The summed E-state index contributed by atoms with van der Waals surface area (Å²) in [6.07, 6.45) is -0.851. The summed E-state index contributed by atoms with van der Waals surface area (Å²) in [6.45, 7) is 13.3. The third kappa shape index (κ3) is 5.00. The maximum Gasteiger partial charge on any atom is 0.336 e. The summed E-state index contributed by atoms with van der Waals surface area (Å²) in [5.41, 5.74) is 0.472. The Bertz CT molecular complexity index is 263. The van der Waals surface area contributed by atoms with E-state index in [0.717, 1.165) is 0 Å². The molecule has 4 nitrogen and oxygen atoms in total. The van der Waals surface area contributed by atoms with E-state index in [9.17, 15) is 9.59 Å². The summed E-state index contributed by atoms with van der Waals surface area (Å²) in [6, 6.07) is 0. The summed E-state index contributed by atoms with van der Waals surface area (Å²) in [5.74, 6) is -1.23. The molecule has 0 aromatic carbocycles. The smallest absolute Gasteiger partial charge is 0.336 e. The molecular formula is C11H15O4. The van der Waals surface area contributed by atoms with Gasteiger partial charge in [0.05, 0.1) is 0 Å². The SMILES string of the molecule is [CH2]CC(OC(=O)C(=C)C)OC(=O)C(=C)C. The highest BCUT2D eigenvalue weighted by molar-refractivity contribution is 5.88. The Morgan fingerprint density at radius 1 is 1.07 bits per heavy atom. The lowest BCUT2D eigenvalue weighted by molar-refractivity contribution is -0.181. The van der Waals surface area contributed by atoms with Crippen molar-refractivity contribution in [2.45, 2.75) is 26.6 Å². The largest absolute Gasteiger partial charge is 0.422 e. The standard InChI is InChI=1S/C11H15O4/c1-6-9(14-10(12)7(2)3)15-11(13)8(4)5/h9H,1-2,4,6H2,3,5H3. The number of rotatable bonds is 5. The van der Waals surface area contributed by atoms with Gasteiger partial charge in [-0.3, -0.25) is 0 Å². The maximum atomic E-state index is 11.1. The Hall–Kier alpha value is -1.58. The van der Waals surface area contributed by atoms with Gasteiger partial charge in [-0.1, -0.05) is 13.2 Å². The van der Waals surface area contributed by atoms with E-state index >= 15 is 0 Å². The minimum absolute atomic E-state index is 0.137. The van der Waals surface area contributed by atoms with E-state index in [1.54, 1.807) is 0 Å². The van der Waals surface area contributed by atoms with Crippen LogP contribution in [0.1, 0.15) is 20.3 Å². The highest BCUT2D eigenvalue weighted by atomic mass is 16.7. The molecule has 0 spiro atoms. The van der Waals surface area contributed by atoms with Crippen molar-refractivity contribution in [3.8, 4) is 0 Å². The molecule has 15 heavy (non-hydrogen) atoms. The van der Waals surface area contributed by atoms with E-state index in [4.69, 9.17) is 9.47 Å². The van der Waals surface area contributed by atoms with Crippen molar-refractivity contribution in [3.05, 3.63) is 31.2 Å². The molecule has 0 rings (SSSR count). The van der Waals surface area contributed by atoms with Crippen LogP contribution in [0.25, 0.3) is 0 Å². The zero-order chi connectivity index (χ0) is 12.0. The van der Waals surface area contributed by atoms with Gasteiger partial charge in [0, 0.05) is 17.6 Å². The molecule has 0 atom stereocenters. The Labute approximate surface area is 89.6 Å². The fourth-order valence-corrected chi connectivity index (χ4v) is 0.582. The number of hydrogen-bond donors (Lipinski definition) is 0. The summed E-state index contributed by atoms with van der Waals surface area (Å²) in [5, 5.41) is 0. The molecule has 83 valence electrons. The molecule has 0 bridgehead atoms. The number of hydrogen-bond acceptors (Lipinski definition) is 4. The van der Waals surface area contributed by atoms with Gasteiger partial charge < -0.3 is 9.47 Å². The van der Waals surface area contributed by atoms with Gasteiger partial charge in [-0.2, -0.15) is 0 Å². The molecule has 0 aliphatic heterocycles. The first-order valence-electron chi connectivity index (χ1n) is 4.40. The molecule has 0 aliphatic rings. The van der Waals surface area contributed by atoms with Crippen LogP contribution < -0.4 is 0 Å². The van der Waals surface area contributed by atoms with Gasteiger partial charge >= 0.3 is 11.9 Å². The van der Waals surface area contributed by atoms with Gasteiger partial charge in [0.1, 0.15) is 0 Å². The fourth-order valence-electron chi connectivity index (χ4n) is 0.582. The molecule has 1 radical (unpaired) electrons. The average Bonchev–Trinajstić information content (AvgIpc) is 2.15. The van der Waals surface area contributed by atoms with Crippen molar-refractivity contribution < 1.29 is 19.1 Å². The highest BCUT2D eigenvalue weighted by Gasteiger charge is 2.17. The van der Waals surface area contributed by atoms with Crippen molar-refractivity contribution in [3.63, 3.8) is 0 Å². The lowest BCUT2D eigenvalue weighted by atomic mass is 10.3. The van der Waals surface area contributed by atoms with E-state index in [-0.39, 0.29) is 17.6 Å². The van der Waals surface area contributed by atoms with Crippen LogP contribution in [0.4, 0.5) is 0 Å². The van der Waals surface area contributed by atoms with E-state index in [1.165, 1.54) is 13.8 Å². The second-order valence-corrected chi connectivity index (χ2v) is 3.09. The van der Waals surface area contributed by atoms with Crippen molar-refractivity contribution in [2.75, 3.05) is 0 Å². The lowest BCUT2D eigenvalue weighted by Crippen LogP contribution is -2.24. The van der Waals surface area contributed by atoms with Gasteiger partial charge in [-0.25, -0.2) is 9.59 Å². The number of carbonyl (C=O) groups is 2. The summed E-state index contributed by atoms with van der Waals surface area (Å²) >= 11 is 0. The Balaban J connectivity index is 4.27. The van der Waals surface area contributed by atoms with Crippen LogP contribution in [-0.2, 0) is 19.1 Å². The molecular weight excluding hydrogens is 196 g/mol. The second-order valence-electron chi connectivity index (χ2n) is 3.09. The Morgan fingerprint density at radius 3 is 1.60 bits per heavy atom. The monoisotopic (exact) mass is 211 g/mol. The molecule has 0 fully saturated rings. The predicted octanol–water partition coefficient (Wildman–Crippen LogP) is 1.78. The van der Waals surface area contributed by atoms with Crippen molar-refractivity contribution in [1.82, 2.24) is 0 Å². The fraction of sp³-hybridized carbons (Fsp3) is 0.364. The Morgan fingerprint density at radius 2 is 1.40 bits per heavy atom. The van der Waals surface area contributed by atoms with Gasteiger partial charge in [0.2, 0.25) is 6.29 Å². The molecule has 0 amide bonds. The van der Waals surface area contributed by atoms with E-state index in [0.29, 0.717) is 0 Å². The lowest BCUT2D eigenvalue weighted by Gasteiger charge is -2.16. The number of carbonyl (C=O) groups excluding carboxylic acids is 2. The van der Waals surface area contributed by atoms with Crippen molar-refractivity contribution >= 4 is 11.9 Å². The zero-order valence-corrected chi connectivity index (χ0v) is 9.04. The molecule has 0 saturated heterocycles. The normalized spacial score (nSPS) is 9.60. The molecule has 0 saturated carbocycles. The topological polar surface area (TPSA) is 52.6 Å². The average molecular weight is 211 g/mol. The third-order valence-corrected chi connectivity index (χ3v) is 1.41. The van der Waals surface area contributed by atoms with E-state index < -0.39 is 18.2 Å². The zero-order valence-electron chi connectivity index (χ0n) is 9.04. The van der Waals surface area contributed by atoms with Gasteiger partial charge in [0.25, 0.3) is 0 Å². The van der Waals surface area contributed by atoms with E-state index in [2.05, 4.69) is 20.1 Å². The molecule has 0 aromatic heterocycles. The van der Waals surface area contributed by atoms with Crippen molar-refractivity contribution in [1.29, 1.82) is 0 Å². The van der Waals surface area contributed by atoms with Crippen LogP contribution in [0.3, 0.4) is 0 Å². The summed E-state index contributed by atoms with van der Waals surface area (Å²) in [4.78, 5) is 22.2. The minimum atomic E-state index is -0.988. The first-order chi connectivity index (χ1) is 6.88. The van der Waals surface area contributed by atoms with Crippen LogP contribution in [0, 0.1) is 6.92 Å². The van der Waals surface area contributed by atoms with E-state index in [1.807, 2.05) is 0 Å². The molecule has 0 N–H and O–H groups in total. The summed E-state index contributed by atoms with van der Waals surface area (Å²) < 4.78 is 9.59. The van der Waals surface area contributed by atoms with Crippen LogP contribution in [0.2, 0.25) is 0 Å².